The molecule has 2 bridgehead atoms. The maximum Gasteiger partial charge on any atom is 0.254 e. The normalized spacial score (nSPS) is 28.2. The number of nitrogens with zero attached hydrogens (tertiary/aromatic N) is 3. The number of hydrogen-bond acceptors (Lipinski definition) is 3. The second-order valence-corrected chi connectivity index (χ2v) is 8.23. The zero-order valence-electron chi connectivity index (χ0n) is 16.3. The zero-order chi connectivity index (χ0) is 19.6. The van der Waals surface area contributed by atoms with Crippen molar-refractivity contribution >= 4 is 18.0 Å². The van der Waals surface area contributed by atoms with E-state index in [1.807, 2.05) is 19.9 Å². The first-order chi connectivity index (χ1) is 13.5. The van der Waals surface area contributed by atoms with Crippen molar-refractivity contribution in [3.8, 4) is 5.69 Å². The molecule has 5 heteroatoms. The summed E-state index contributed by atoms with van der Waals surface area (Å²) in [5, 5.41) is 5.44. The minimum absolute atomic E-state index is 0.143. The number of hydrogen-bond donors (Lipinski definition) is 0. The molecule has 4 atom stereocenters. The van der Waals surface area contributed by atoms with Gasteiger partial charge in [-0.05, 0) is 57.2 Å². The number of allylic oxidation sites excluding steroid dienone is 2. The van der Waals surface area contributed by atoms with Gasteiger partial charge in [-0.3, -0.25) is 9.59 Å². The van der Waals surface area contributed by atoms with E-state index < -0.39 is 0 Å². The molecular formula is C23H23N3O2. The molecule has 0 radical (unpaired) electrons. The van der Waals surface area contributed by atoms with Gasteiger partial charge < -0.3 is 4.57 Å². The molecule has 142 valence electrons. The van der Waals surface area contributed by atoms with Gasteiger partial charge in [-0.2, -0.15) is 10.1 Å². The van der Waals surface area contributed by atoms with Crippen molar-refractivity contribution in [2.75, 3.05) is 0 Å². The first-order valence-corrected chi connectivity index (χ1v) is 9.82. The fraction of sp³-hybridized carbons (Fsp3) is 0.348. The molecule has 0 spiro atoms. The molecule has 1 aliphatic heterocycles. The maximum atomic E-state index is 12.8. The third-order valence-corrected chi connectivity index (χ3v) is 6.52. The van der Waals surface area contributed by atoms with Gasteiger partial charge in [-0.15, -0.1) is 0 Å². The van der Waals surface area contributed by atoms with Crippen LogP contribution in [0.4, 0.5) is 0 Å². The van der Waals surface area contributed by atoms with Crippen LogP contribution in [0.3, 0.4) is 0 Å². The third-order valence-electron chi connectivity index (χ3n) is 6.52. The number of carbonyl (C=O) groups is 2. The van der Waals surface area contributed by atoms with Crippen LogP contribution in [0.5, 0.6) is 0 Å². The third kappa shape index (κ3) is 2.35. The fourth-order valence-electron chi connectivity index (χ4n) is 5.13. The van der Waals surface area contributed by atoms with Gasteiger partial charge in [0, 0.05) is 22.6 Å². The largest absolute Gasteiger partial charge is 0.318 e. The smallest absolute Gasteiger partial charge is 0.254 e. The van der Waals surface area contributed by atoms with Crippen LogP contribution in [0.2, 0.25) is 0 Å². The van der Waals surface area contributed by atoms with Crippen molar-refractivity contribution in [2.24, 2.45) is 28.8 Å². The Balaban J connectivity index is 1.44. The molecule has 0 N–H and O–H groups in total. The number of imide groups is 1. The lowest BCUT2D eigenvalue weighted by Gasteiger charge is -2.13. The monoisotopic (exact) mass is 373 g/mol. The van der Waals surface area contributed by atoms with Gasteiger partial charge in [0.15, 0.2) is 0 Å². The predicted octanol–water partition coefficient (Wildman–Crippen LogP) is 3.54. The number of aromatic nitrogens is 1. The lowest BCUT2D eigenvalue weighted by molar-refractivity contribution is -0.140. The van der Waals surface area contributed by atoms with Crippen LogP contribution in [0, 0.1) is 44.4 Å². The van der Waals surface area contributed by atoms with Gasteiger partial charge in [-0.1, -0.05) is 29.8 Å². The van der Waals surface area contributed by atoms with E-state index in [1.165, 1.54) is 5.56 Å². The Kier molecular flexibility index (Phi) is 3.69. The molecule has 28 heavy (non-hydrogen) atoms. The van der Waals surface area contributed by atoms with E-state index in [1.54, 1.807) is 6.21 Å². The highest BCUT2D eigenvalue weighted by Crippen LogP contribution is 2.52. The molecule has 1 saturated heterocycles. The summed E-state index contributed by atoms with van der Waals surface area (Å²) >= 11 is 0. The summed E-state index contributed by atoms with van der Waals surface area (Å²) in [6.07, 6.45) is 6.78. The Morgan fingerprint density at radius 2 is 1.57 bits per heavy atom. The highest BCUT2D eigenvalue weighted by molar-refractivity contribution is 6.06. The lowest BCUT2D eigenvalue weighted by Crippen LogP contribution is -2.28. The van der Waals surface area contributed by atoms with E-state index in [4.69, 9.17) is 0 Å². The lowest BCUT2D eigenvalue weighted by atomic mass is 9.85. The average molecular weight is 373 g/mol. The standard InChI is InChI=1S/C23H23N3O2/c1-13-4-8-19(9-5-13)25-14(2)10-18(15(25)3)12-24-26-22(27)20-16-6-7-17(11-16)21(20)23(26)28/h4-10,12,16-17,20-21H,11H2,1-3H3/t16-,17-,20-,21+/m0/s1. The van der Waals surface area contributed by atoms with Gasteiger partial charge in [0.1, 0.15) is 0 Å². The van der Waals surface area contributed by atoms with Crippen molar-refractivity contribution in [3.05, 3.63) is 65.0 Å². The van der Waals surface area contributed by atoms with Gasteiger partial charge in [0.2, 0.25) is 0 Å². The Hall–Kier alpha value is -2.95. The van der Waals surface area contributed by atoms with Gasteiger partial charge >= 0.3 is 0 Å². The summed E-state index contributed by atoms with van der Waals surface area (Å²) in [7, 11) is 0. The molecule has 2 aliphatic carbocycles. The van der Waals surface area contributed by atoms with Crippen LogP contribution in [0.1, 0.15) is 28.9 Å². The number of rotatable bonds is 3. The molecule has 2 fully saturated rings. The summed E-state index contributed by atoms with van der Waals surface area (Å²) < 4.78 is 2.16. The van der Waals surface area contributed by atoms with Crippen molar-refractivity contribution in [2.45, 2.75) is 27.2 Å². The van der Waals surface area contributed by atoms with E-state index in [9.17, 15) is 9.59 Å². The Bertz CT molecular complexity index is 1010. The van der Waals surface area contributed by atoms with Crippen LogP contribution in [-0.2, 0) is 9.59 Å². The quantitative estimate of drug-likeness (QED) is 0.469. The van der Waals surface area contributed by atoms with Gasteiger partial charge in [-0.25, -0.2) is 0 Å². The number of fused-ring (bicyclic) bond motifs is 5. The number of aryl methyl sites for hydroxylation is 2. The molecule has 1 saturated carbocycles. The number of hydrazone groups is 1. The SMILES string of the molecule is Cc1ccc(-n2c(C)cc(C=NN3C(=O)[C@@H]4[C@H](C3=O)[C@H]3C=C[C@H]4C3)c2C)cc1. The Labute approximate surface area is 164 Å². The first kappa shape index (κ1) is 17.2. The summed E-state index contributed by atoms with van der Waals surface area (Å²) in [6, 6.07) is 10.4. The van der Waals surface area contributed by atoms with E-state index in [0.717, 1.165) is 34.1 Å². The molecule has 5 nitrogen and oxygen atoms in total. The summed E-state index contributed by atoms with van der Waals surface area (Å²) in [5.41, 5.74) is 5.34. The fourth-order valence-corrected chi connectivity index (χ4v) is 5.13. The van der Waals surface area contributed by atoms with Crippen LogP contribution in [0.25, 0.3) is 5.69 Å². The molecule has 2 aromatic rings. The number of carbonyl (C=O) groups excluding carboxylic acids is 2. The number of benzene rings is 1. The van der Waals surface area contributed by atoms with Crippen molar-refractivity contribution < 1.29 is 9.59 Å². The highest BCUT2D eigenvalue weighted by Gasteiger charge is 2.59. The molecule has 5 rings (SSSR count). The summed E-state index contributed by atoms with van der Waals surface area (Å²) in [4.78, 5) is 25.5. The highest BCUT2D eigenvalue weighted by atomic mass is 16.2. The second-order valence-electron chi connectivity index (χ2n) is 8.23. The molecule has 0 unspecified atom stereocenters. The van der Waals surface area contributed by atoms with Crippen LogP contribution < -0.4 is 0 Å². The minimum Gasteiger partial charge on any atom is -0.318 e. The van der Waals surface area contributed by atoms with Gasteiger partial charge in [0.25, 0.3) is 11.8 Å². The number of amides is 2. The second kappa shape index (κ2) is 6.03. The van der Waals surface area contributed by atoms with E-state index in [0.29, 0.717) is 0 Å². The summed E-state index contributed by atoms with van der Waals surface area (Å²) in [5.74, 6) is -0.290. The molecule has 1 aromatic heterocycles. The van der Waals surface area contributed by atoms with E-state index in [2.05, 4.69) is 53.0 Å². The Morgan fingerprint density at radius 3 is 2.18 bits per heavy atom. The van der Waals surface area contributed by atoms with Crippen LogP contribution in [0.15, 0.2) is 47.6 Å². The van der Waals surface area contributed by atoms with Crippen LogP contribution >= 0.6 is 0 Å². The van der Waals surface area contributed by atoms with Crippen molar-refractivity contribution in [1.29, 1.82) is 0 Å². The summed E-state index contributed by atoms with van der Waals surface area (Å²) in [6.45, 7) is 6.14. The predicted molar refractivity (Wildman–Crippen MR) is 107 cm³/mol. The average Bonchev–Trinajstić information content (AvgIpc) is 3.40. The van der Waals surface area contributed by atoms with E-state index in [-0.39, 0.29) is 35.5 Å². The molecule has 3 aliphatic rings. The molecule has 1 aromatic carbocycles. The van der Waals surface area contributed by atoms with Crippen molar-refractivity contribution in [3.63, 3.8) is 0 Å². The zero-order valence-corrected chi connectivity index (χ0v) is 16.3. The molecule has 2 heterocycles. The van der Waals surface area contributed by atoms with Gasteiger partial charge in [0.05, 0.1) is 18.1 Å². The topological polar surface area (TPSA) is 54.7 Å². The Morgan fingerprint density at radius 1 is 0.964 bits per heavy atom. The minimum atomic E-state index is -0.209. The molecular weight excluding hydrogens is 350 g/mol. The maximum absolute atomic E-state index is 12.8. The molecule has 2 amide bonds. The van der Waals surface area contributed by atoms with Crippen LogP contribution in [-0.4, -0.2) is 27.6 Å². The first-order valence-electron chi connectivity index (χ1n) is 9.82. The van der Waals surface area contributed by atoms with Crippen molar-refractivity contribution in [1.82, 2.24) is 9.58 Å². The van der Waals surface area contributed by atoms with E-state index >= 15 is 0 Å².